The number of anilines is 1. The smallest absolute Gasteiger partial charge is 0.404 e. The molecule has 1 aliphatic carbocycles. The molecule has 3 rings (SSSR count). The largest absolute Gasteiger partial charge is 0.465 e. The van der Waals surface area contributed by atoms with E-state index in [1.807, 2.05) is 12.1 Å². The van der Waals surface area contributed by atoms with Crippen LogP contribution in [0.4, 0.5) is 10.5 Å². The van der Waals surface area contributed by atoms with Gasteiger partial charge < -0.3 is 15.3 Å². The van der Waals surface area contributed by atoms with Crippen LogP contribution in [0.15, 0.2) is 28.7 Å². The number of amides is 1. The number of carboxylic acid groups (broad SMARTS) is 1. The summed E-state index contributed by atoms with van der Waals surface area (Å²) in [5, 5.41) is 11.2. The molecule has 5 heteroatoms. The van der Waals surface area contributed by atoms with Crippen molar-refractivity contribution in [3.05, 3.63) is 28.7 Å². The maximum Gasteiger partial charge on any atom is 0.404 e. The first-order valence-electron chi connectivity index (χ1n) is 5.65. The Kier molecular flexibility index (Phi) is 2.50. The van der Waals surface area contributed by atoms with Gasteiger partial charge in [0.25, 0.3) is 0 Å². The third-order valence-corrected chi connectivity index (χ3v) is 4.20. The molecule has 1 aliphatic heterocycles. The summed E-state index contributed by atoms with van der Waals surface area (Å²) >= 11 is 3.42. The van der Waals surface area contributed by atoms with Gasteiger partial charge in [-0.15, -0.1) is 0 Å². The summed E-state index contributed by atoms with van der Waals surface area (Å²) < 4.78 is 1.08. The highest BCUT2D eigenvalue weighted by molar-refractivity contribution is 9.10. The molecule has 0 spiro atoms. The number of benzene rings is 1. The summed E-state index contributed by atoms with van der Waals surface area (Å²) in [4.78, 5) is 12.9. The van der Waals surface area contributed by atoms with Crippen LogP contribution in [0.2, 0.25) is 0 Å². The minimum absolute atomic E-state index is 0.180. The molecule has 90 valence electrons. The maximum absolute atomic E-state index is 10.5. The third-order valence-electron chi connectivity index (χ3n) is 3.68. The maximum atomic E-state index is 10.5. The van der Waals surface area contributed by atoms with Crippen LogP contribution in [0, 0.1) is 11.8 Å². The Morgan fingerprint density at radius 3 is 2.41 bits per heavy atom. The molecule has 2 aliphatic rings. The molecule has 1 saturated heterocycles. The first-order chi connectivity index (χ1) is 8.15. The number of carbonyl (C=O) groups is 1. The lowest BCUT2D eigenvalue weighted by Crippen LogP contribution is -2.33. The summed E-state index contributed by atoms with van der Waals surface area (Å²) in [5.41, 5.74) is 1.22. The highest BCUT2D eigenvalue weighted by Gasteiger charge is 2.56. The van der Waals surface area contributed by atoms with Gasteiger partial charge in [0.15, 0.2) is 0 Å². The number of piperidine rings is 1. The van der Waals surface area contributed by atoms with Crippen LogP contribution < -0.4 is 10.2 Å². The summed E-state index contributed by atoms with van der Waals surface area (Å²) in [6.07, 6.45) is -0.903. The van der Waals surface area contributed by atoms with Crippen molar-refractivity contribution >= 4 is 27.7 Å². The van der Waals surface area contributed by atoms with Crippen LogP contribution in [0.3, 0.4) is 0 Å². The van der Waals surface area contributed by atoms with Crippen molar-refractivity contribution in [1.82, 2.24) is 5.32 Å². The predicted molar refractivity (Wildman–Crippen MR) is 68.3 cm³/mol. The Labute approximate surface area is 108 Å². The van der Waals surface area contributed by atoms with Crippen molar-refractivity contribution < 1.29 is 9.90 Å². The molecule has 2 N–H and O–H groups in total. The van der Waals surface area contributed by atoms with Crippen LogP contribution in [0.5, 0.6) is 0 Å². The van der Waals surface area contributed by atoms with E-state index in [4.69, 9.17) is 5.11 Å². The number of nitrogens with zero attached hydrogens (tertiary/aromatic N) is 1. The molecule has 0 radical (unpaired) electrons. The van der Waals surface area contributed by atoms with Crippen LogP contribution in [0.1, 0.15) is 0 Å². The molecule has 0 bridgehead atoms. The van der Waals surface area contributed by atoms with E-state index in [1.165, 1.54) is 5.69 Å². The number of hydrogen-bond acceptors (Lipinski definition) is 2. The molecule has 1 heterocycles. The molecule has 1 aromatic rings. The SMILES string of the molecule is O=C(O)NC1C2CN(c3ccc(Br)cc3)CC21. The molecule has 2 atom stereocenters. The van der Waals surface area contributed by atoms with E-state index in [-0.39, 0.29) is 6.04 Å². The van der Waals surface area contributed by atoms with Gasteiger partial charge in [-0.05, 0) is 24.3 Å². The van der Waals surface area contributed by atoms with E-state index in [1.54, 1.807) is 0 Å². The highest BCUT2D eigenvalue weighted by atomic mass is 79.9. The van der Waals surface area contributed by atoms with Crippen molar-refractivity contribution in [3.8, 4) is 0 Å². The zero-order chi connectivity index (χ0) is 12.0. The Hall–Kier alpha value is -1.23. The van der Waals surface area contributed by atoms with Gasteiger partial charge in [0.05, 0.1) is 0 Å². The second kappa shape index (κ2) is 3.91. The normalized spacial score (nSPS) is 29.9. The number of hydrogen-bond donors (Lipinski definition) is 2. The Balaban J connectivity index is 1.61. The average Bonchev–Trinajstić information content (AvgIpc) is 2.75. The molecular weight excluding hydrogens is 284 g/mol. The Morgan fingerprint density at radius 2 is 1.88 bits per heavy atom. The van der Waals surface area contributed by atoms with Gasteiger partial charge in [0.1, 0.15) is 0 Å². The minimum atomic E-state index is -0.903. The van der Waals surface area contributed by atoms with Gasteiger partial charge in [0, 0.05) is 41.1 Å². The summed E-state index contributed by atoms with van der Waals surface area (Å²) in [6, 6.07) is 8.43. The van der Waals surface area contributed by atoms with Crippen molar-refractivity contribution in [2.75, 3.05) is 18.0 Å². The molecular formula is C12H13BrN2O2. The van der Waals surface area contributed by atoms with Crippen molar-refractivity contribution in [2.45, 2.75) is 6.04 Å². The topological polar surface area (TPSA) is 52.6 Å². The van der Waals surface area contributed by atoms with Gasteiger partial charge in [-0.3, -0.25) is 0 Å². The fourth-order valence-corrected chi connectivity index (χ4v) is 3.01. The van der Waals surface area contributed by atoms with Gasteiger partial charge >= 0.3 is 6.09 Å². The van der Waals surface area contributed by atoms with E-state index >= 15 is 0 Å². The van der Waals surface area contributed by atoms with Crippen molar-refractivity contribution in [3.63, 3.8) is 0 Å². The zero-order valence-electron chi connectivity index (χ0n) is 9.14. The molecule has 0 aromatic heterocycles. The highest BCUT2D eigenvalue weighted by Crippen LogP contribution is 2.46. The molecule has 4 nitrogen and oxygen atoms in total. The molecule has 17 heavy (non-hydrogen) atoms. The van der Waals surface area contributed by atoms with E-state index in [2.05, 4.69) is 38.3 Å². The fraction of sp³-hybridized carbons (Fsp3) is 0.417. The summed E-state index contributed by atoms with van der Waals surface area (Å²) in [5.74, 6) is 0.990. The standard InChI is InChI=1S/C12H13BrN2O2/c13-7-1-3-8(4-2-7)15-5-9-10(6-15)11(9)14-12(16)17/h1-4,9-11,14H,5-6H2,(H,16,17). The first-order valence-corrected chi connectivity index (χ1v) is 6.44. The van der Waals surface area contributed by atoms with Crippen molar-refractivity contribution in [1.29, 1.82) is 0 Å². The minimum Gasteiger partial charge on any atom is -0.465 e. The zero-order valence-corrected chi connectivity index (χ0v) is 10.7. The number of halogens is 1. The molecule has 1 aromatic carbocycles. The molecule has 2 unspecified atom stereocenters. The number of rotatable bonds is 2. The Morgan fingerprint density at radius 1 is 1.29 bits per heavy atom. The second-order valence-corrected chi connectivity index (χ2v) is 5.60. The molecule has 1 amide bonds. The Bertz CT molecular complexity index is 436. The first kappa shape index (κ1) is 10.9. The van der Waals surface area contributed by atoms with E-state index in [0.29, 0.717) is 11.8 Å². The van der Waals surface area contributed by atoms with Gasteiger partial charge in [-0.25, -0.2) is 4.79 Å². The number of nitrogens with one attached hydrogen (secondary N) is 1. The van der Waals surface area contributed by atoms with E-state index in [0.717, 1.165) is 17.6 Å². The molecule has 1 saturated carbocycles. The van der Waals surface area contributed by atoms with Gasteiger partial charge in [-0.1, -0.05) is 15.9 Å². The van der Waals surface area contributed by atoms with Crippen LogP contribution in [0.25, 0.3) is 0 Å². The quantitative estimate of drug-likeness (QED) is 0.879. The summed E-state index contributed by atoms with van der Waals surface area (Å²) in [7, 11) is 0. The lowest BCUT2D eigenvalue weighted by molar-refractivity contribution is 0.192. The monoisotopic (exact) mass is 296 g/mol. The fourth-order valence-electron chi connectivity index (χ4n) is 2.75. The summed E-state index contributed by atoms with van der Waals surface area (Å²) in [6.45, 7) is 1.91. The molecule has 2 fully saturated rings. The lowest BCUT2D eigenvalue weighted by Gasteiger charge is -2.22. The van der Waals surface area contributed by atoms with Gasteiger partial charge in [-0.2, -0.15) is 0 Å². The van der Waals surface area contributed by atoms with E-state index in [9.17, 15) is 4.79 Å². The lowest BCUT2D eigenvalue weighted by atomic mass is 10.2. The predicted octanol–water partition coefficient (Wildman–Crippen LogP) is 2.15. The number of fused-ring (bicyclic) bond motifs is 1. The third kappa shape index (κ3) is 1.99. The average molecular weight is 297 g/mol. The van der Waals surface area contributed by atoms with Gasteiger partial charge in [0.2, 0.25) is 0 Å². The second-order valence-electron chi connectivity index (χ2n) is 4.68. The van der Waals surface area contributed by atoms with Crippen molar-refractivity contribution in [2.24, 2.45) is 11.8 Å². The van der Waals surface area contributed by atoms with Crippen LogP contribution in [-0.4, -0.2) is 30.3 Å². The van der Waals surface area contributed by atoms with E-state index < -0.39 is 6.09 Å². The van der Waals surface area contributed by atoms with Crippen LogP contribution >= 0.6 is 15.9 Å². The van der Waals surface area contributed by atoms with Crippen LogP contribution in [-0.2, 0) is 0 Å².